The first-order chi connectivity index (χ1) is 23.6. The van der Waals surface area contributed by atoms with Crippen LogP contribution in [0.5, 0.6) is 11.5 Å². The fourth-order valence-electron chi connectivity index (χ4n) is 5.77. The third kappa shape index (κ3) is 4.77. The molecule has 0 amide bonds. The van der Waals surface area contributed by atoms with Crippen LogP contribution in [0.25, 0.3) is 54.2 Å². The van der Waals surface area contributed by atoms with E-state index in [0.717, 1.165) is 48.7 Å². The van der Waals surface area contributed by atoms with E-state index < -0.39 is 0 Å². The molecule has 0 radical (unpaired) electrons. The van der Waals surface area contributed by atoms with Crippen LogP contribution in [0.3, 0.4) is 0 Å². The summed E-state index contributed by atoms with van der Waals surface area (Å²) in [5, 5.41) is 41.7. The van der Waals surface area contributed by atoms with Crippen molar-refractivity contribution in [2.75, 3.05) is 4.90 Å². The molecule has 48 heavy (non-hydrogen) atoms. The minimum Gasteiger partial charge on any atom is -0.507 e. The molecule has 2 N–H and O–H groups in total. The molecule has 3 heterocycles. The summed E-state index contributed by atoms with van der Waals surface area (Å²) in [5.74, 6) is 0.0889. The molecule has 3 aromatic heterocycles. The number of phenols is 2. The Balaban J connectivity index is 1.13. The van der Waals surface area contributed by atoms with E-state index in [1.807, 2.05) is 120 Å². The van der Waals surface area contributed by atoms with Gasteiger partial charge in [0.05, 0.1) is 21.5 Å². The Morgan fingerprint density at radius 2 is 1.02 bits per heavy atom. The number of rotatable bonds is 6. The highest BCUT2D eigenvalue weighted by Gasteiger charge is 2.19. The van der Waals surface area contributed by atoms with Gasteiger partial charge in [0.15, 0.2) is 0 Å². The third-order valence-electron chi connectivity index (χ3n) is 8.11. The Kier molecular flexibility index (Phi) is 6.37. The molecule has 0 aliphatic rings. The molecule has 10 nitrogen and oxygen atoms in total. The predicted molar refractivity (Wildman–Crippen MR) is 188 cm³/mol. The van der Waals surface area contributed by atoms with E-state index >= 15 is 0 Å². The molecule has 0 spiro atoms. The van der Waals surface area contributed by atoms with Crippen LogP contribution in [0.2, 0.25) is 0 Å². The first-order valence-corrected chi connectivity index (χ1v) is 16.0. The van der Waals surface area contributed by atoms with E-state index in [9.17, 15) is 10.2 Å². The number of aromatic nitrogens is 7. The van der Waals surface area contributed by atoms with Crippen molar-refractivity contribution in [1.29, 1.82) is 0 Å². The summed E-state index contributed by atoms with van der Waals surface area (Å²) in [7, 11) is 0. The second-order valence-corrected chi connectivity index (χ2v) is 12.2. The van der Waals surface area contributed by atoms with Crippen molar-refractivity contribution in [1.82, 2.24) is 35.0 Å². The molecular weight excluding hydrogens is 621 g/mol. The molecule has 9 aromatic rings. The van der Waals surface area contributed by atoms with Crippen molar-refractivity contribution in [3.8, 4) is 33.4 Å². The Labute approximate surface area is 277 Å². The molecule has 0 aliphatic heterocycles. The van der Waals surface area contributed by atoms with E-state index in [4.69, 9.17) is 4.98 Å². The first kappa shape index (κ1) is 27.7. The molecule has 0 saturated heterocycles. The fraction of sp³-hybridized carbons (Fsp3) is 0. The van der Waals surface area contributed by atoms with E-state index in [-0.39, 0.29) is 11.5 Å². The summed E-state index contributed by atoms with van der Waals surface area (Å²) in [6.45, 7) is 0. The number of hydrogen-bond acceptors (Lipinski definition) is 9. The van der Waals surface area contributed by atoms with Crippen LogP contribution in [-0.2, 0) is 0 Å². The Morgan fingerprint density at radius 3 is 1.60 bits per heavy atom. The van der Waals surface area contributed by atoms with Gasteiger partial charge in [-0.05, 0) is 84.9 Å². The van der Waals surface area contributed by atoms with Gasteiger partial charge in [0, 0.05) is 29.2 Å². The van der Waals surface area contributed by atoms with Crippen molar-refractivity contribution >= 4 is 60.7 Å². The highest BCUT2D eigenvalue weighted by atomic mass is 32.1. The number of thiazole rings is 1. The maximum atomic E-state index is 11.3. The number of nitrogens with zero attached hydrogens (tertiary/aromatic N) is 8. The Morgan fingerprint density at radius 1 is 0.500 bits per heavy atom. The van der Waals surface area contributed by atoms with Gasteiger partial charge >= 0.3 is 0 Å². The largest absolute Gasteiger partial charge is 0.507 e. The molecule has 9 rings (SSSR count). The van der Waals surface area contributed by atoms with Crippen LogP contribution >= 0.6 is 11.3 Å². The zero-order chi connectivity index (χ0) is 32.2. The molecule has 0 fully saturated rings. The summed E-state index contributed by atoms with van der Waals surface area (Å²) < 4.78 is 1.05. The van der Waals surface area contributed by atoms with E-state index in [1.165, 1.54) is 16.1 Å². The molecule has 0 bridgehead atoms. The molecule has 11 heteroatoms. The minimum atomic E-state index is -0.00262. The van der Waals surface area contributed by atoms with Crippen molar-refractivity contribution in [2.24, 2.45) is 0 Å². The lowest BCUT2D eigenvalue weighted by molar-refractivity contribution is 0.468. The summed E-state index contributed by atoms with van der Waals surface area (Å²) in [6, 6.07) is 41.8. The van der Waals surface area contributed by atoms with Gasteiger partial charge in [0.2, 0.25) is 0 Å². The second kappa shape index (κ2) is 11.0. The van der Waals surface area contributed by atoms with Gasteiger partial charge in [-0.2, -0.15) is 4.80 Å². The SMILES string of the molecule is Oc1cc(N(c2ccc(-n3nc4ccccc4n3)cc2)c2ccc(-n3nc4ccccc4n3)c(O)c2)ccc1-c1nc2ccccc2s1. The van der Waals surface area contributed by atoms with Gasteiger partial charge in [-0.15, -0.1) is 36.5 Å². The number of aromatic hydroxyl groups is 2. The zero-order valence-electron chi connectivity index (χ0n) is 25.1. The topological polar surface area (TPSA) is 118 Å². The minimum absolute atomic E-state index is 0.00262. The quantitative estimate of drug-likeness (QED) is 0.186. The van der Waals surface area contributed by atoms with Crippen LogP contribution in [0.4, 0.5) is 17.1 Å². The highest BCUT2D eigenvalue weighted by Crippen LogP contribution is 2.42. The lowest BCUT2D eigenvalue weighted by Gasteiger charge is -2.26. The van der Waals surface area contributed by atoms with Crippen molar-refractivity contribution in [3.05, 3.63) is 133 Å². The van der Waals surface area contributed by atoms with Crippen LogP contribution in [0.15, 0.2) is 133 Å². The van der Waals surface area contributed by atoms with Gasteiger partial charge in [-0.3, -0.25) is 0 Å². The maximum Gasteiger partial charge on any atom is 0.145 e. The highest BCUT2D eigenvalue weighted by molar-refractivity contribution is 7.21. The van der Waals surface area contributed by atoms with Crippen molar-refractivity contribution in [3.63, 3.8) is 0 Å². The summed E-state index contributed by atoms with van der Waals surface area (Å²) in [4.78, 5) is 9.73. The molecule has 0 atom stereocenters. The van der Waals surface area contributed by atoms with Gasteiger partial charge < -0.3 is 15.1 Å². The smallest absolute Gasteiger partial charge is 0.145 e. The number of phenolic OH excluding ortho intramolecular Hbond substituents is 2. The summed E-state index contributed by atoms with van der Waals surface area (Å²) >= 11 is 1.53. The molecule has 230 valence electrons. The molecule has 6 aromatic carbocycles. The Bertz CT molecular complexity index is 2400. The predicted octanol–water partition coefficient (Wildman–Crippen LogP) is 8.31. The summed E-state index contributed by atoms with van der Waals surface area (Å²) in [6.07, 6.45) is 0. The third-order valence-corrected chi connectivity index (χ3v) is 9.18. The molecule has 0 saturated carbocycles. The van der Waals surface area contributed by atoms with Crippen molar-refractivity contribution in [2.45, 2.75) is 0 Å². The van der Waals surface area contributed by atoms with Gasteiger partial charge in [-0.1, -0.05) is 36.4 Å². The van der Waals surface area contributed by atoms with Crippen LogP contribution in [0, 0.1) is 0 Å². The zero-order valence-corrected chi connectivity index (χ0v) is 25.9. The average molecular weight is 645 g/mol. The van der Waals surface area contributed by atoms with Crippen LogP contribution in [-0.4, -0.2) is 45.2 Å². The molecule has 0 unspecified atom stereocenters. The summed E-state index contributed by atoms with van der Waals surface area (Å²) in [5.41, 5.74) is 7.96. The lowest BCUT2D eigenvalue weighted by Crippen LogP contribution is -2.11. The number of para-hydroxylation sites is 1. The fourth-order valence-corrected chi connectivity index (χ4v) is 6.77. The van der Waals surface area contributed by atoms with E-state index in [2.05, 4.69) is 20.4 Å². The normalized spacial score (nSPS) is 11.5. The number of fused-ring (bicyclic) bond motifs is 3. The maximum absolute atomic E-state index is 11.3. The first-order valence-electron chi connectivity index (χ1n) is 15.1. The second-order valence-electron chi connectivity index (χ2n) is 11.2. The van der Waals surface area contributed by atoms with Gasteiger partial charge in [-0.25, -0.2) is 4.98 Å². The number of hydrogen-bond donors (Lipinski definition) is 2. The van der Waals surface area contributed by atoms with Crippen LogP contribution in [0.1, 0.15) is 0 Å². The number of benzene rings is 6. The lowest BCUT2D eigenvalue weighted by atomic mass is 10.1. The Hall–Kier alpha value is -6.59. The van der Waals surface area contributed by atoms with E-state index in [0.29, 0.717) is 22.6 Å². The number of anilines is 3. The monoisotopic (exact) mass is 644 g/mol. The average Bonchev–Trinajstić information content (AvgIpc) is 3.85. The molecular formula is C37H24N8O2S. The van der Waals surface area contributed by atoms with Crippen molar-refractivity contribution < 1.29 is 10.2 Å². The van der Waals surface area contributed by atoms with Gasteiger partial charge in [0.25, 0.3) is 0 Å². The molecule has 0 aliphatic carbocycles. The van der Waals surface area contributed by atoms with Gasteiger partial charge in [0.1, 0.15) is 44.3 Å². The standard InChI is InChI=1S/C37H24N8O2S/c46-34-21-25(17-19-27(34)37-38-32-11-5-6-12-36(32)48-37)43(23-13-15-24(16-14-23)44-39-28-7-1-2-8-29(28)40-44)26-18-20-33(35(47)22-26)45-41-30-9-3-4-10-31(30)42-45/h1-22,46-47H. The van der Waals surface area contributed by atoms with Crippen LogP contribution < -0.4 is 4.90 Å². The van der Waals surface area contributed by atoms with E-state index in [1.54, 1.807) is 23.0 Å².